The van der Waals surface area contributed by atoms with Crippen LogP contribution in [0.5, 0.6) is 5.75 Å². The van der Waals surface area contributed by atoms with E-state index in [4.69, 9.17) is 0 Å². The molecule has 2 aromatic carbocycles. The molecule has 2 heterocycles. The number of rotatable bonds is 3. The highest BCUT2D eigenvalue weighted by atomic mass is 16.3. The molecule has 25 heavy (non-hydrogen) atoms. The molecule has 3 aromatic rings. The Morgan fingerprint density at radius 3 is 3.00 bits per heavy atom. The Morgan fingerprint density at radius 1 is 1.28 bits per heavy atom. The van der Waals surface area contributed by atoms with Gasteiger partial charge in [0.25, 0.3) is 5.91 Å². The van der Waals surface area contributed by atoms with Gasteiger partial charge in [-0.2, -0.15) is 5.10 Å². The first-order valence-electron chi connectivity index (χ1n) is 8.54. The number of phenols is 1. The summed E-state index contributed by atoms with van der Waals surface area (Å²) in [6, 6.07) is 11.0. The smallest absolute Gasteiger partial charge is 0.254 e. The second-order valence-corrected chi connectivity index (χ2v) is 6.59. The summed E-state index contributed by atoms with van der Waals surface area (Å²) >= 11 is 0. The summed E-state index contributed by atoms with van der Waals surface area (Å²) in [6.45, 7) is 2.22. The van der Waals surface area contributed by atoms with Crippen molar-refractivity contribution < 1.29 is 9.90 Å². The van der Waals surface area contributed by atoms with Crippen LogP contribution in [0.15, 0.2) is 49.1 Å². The third kappa shape index (κ3) is 3.20. The highest BCUT2D eigenvalue weighted by Gasteiger charge is 2.25. The van der Waals surface area contributed by atoms with Gasteiger partial charge in [-0.25, -0.2) is 4.98 Å². The number of carbonyl (C=O) groups excluding carboxylic acids is 1. The van der Waals surface area contributed by atoms with Crippen molar-refractivity contribution in [1.82, 2.24) is 19.7 Å². The van der Waals surface area contributed by atoms with E-state index in [1.54, 1.807) is 12.4 Å². The van der Waals surface area contributed by atoms with E-state index in [1.807, 2.05) is 39.9 Å². The summed E-state index contributed by atoms with van der Waals surface area (Å²) in [4.78, 5) is 18.8. The molecule has 0 radical (unpaired) electrons. The quantitative estimate of drug-likeness (QED) is 0.798. The Kier molecular flexibility index (Phi) is 4.09. The highest BCUT2D eigenvalue weighted by Crippen LogP contribution is 2.28. The maximum absolute atomic E-state index is 12.9. The molecule has 6 nitrogen and oxygen atoms in total. The van der Waals surface area contributed by atoms with Crippen molar-refractivity contribution in [1.29, 1.82) is 0 Å². The molecule has 0 bridgehead atoms. The molecule has 1 aliphatic heterocycles. The summed E-state index contributed by atoms with van der Waals surface area (Å²) in [5.41, 5.74) is 0.539. The van der Waals surface area contributed by atoms with Crippen molar-refractivity contribution in [2.24, 2.45) is 5.92 Å². The van der Waals surface area contributed by atoms with E-state index in [1.165, 1.54) is 6.33 Å². The molecular formula is C19H20N4O2. The average molecular weight is 336 g/mol. The van der Waals surface area contributed by atoms with E-state index in [9.17, 15) is 9.90 Å². The van der Waals surface area contributed by atoms with Crippen molar-refractivity contribution in [3.8, 4) is 5.75 Å². The number of hydrogen-bond acceptors (Lipinski definition) is 4. The molecule has 1 fully saturated rings. The number of carbonyl (C=O) groups is 1. The van der Waals surface area contributed by atoms with Crippen molar-refractivity contribution >= 4 is 16.7 Å². The first-order valence-corrected chi connectivity index (χ1v) is 8.54. The van der Waals surface area contributed by atoms with Gasteiger partial charge in [-0.15, -0.1) is 0 Å². The lowest BCUT2D eigenvalue weighted by atomic mass is 9.97. The van der Waals surface area contributed by atoms with Crippen LogP contribution in [-0.2, 0) is 6.54 Å². The fourth-order valence-corrected chi connectivity index (χ4v) is 3.59. The Labute approximate surface area is 145 Å². The zero-order valence-electron chi connectivity index (χ0n) is 13.9. The van der Waals surface area contributed by atoms with Gasteiger partial charge in [-0.05, 0) is 36.3 Å². The zero-order chi connectivity index (χ0) is 17.2. The summed E-state index contributed by atoms with van der Waals surface area (Å²) in [6.07, 6.45) is 5.29. The van der Waals surface area contributed by atoms with E-state index in [0.29, 0.717) is 18.0 Å². The van der Waals surface area contributed by atoms with Crippen molar-refractivity contribution in [3.05, 3.63) is 54.6 Å². The van der Waals surface area contributed by atoms with Gasteiger partial charge in [-0.3, -0.25) is 9.48 Å². The normalized spacial score (nSPS) is 17.8. The van der Waals surface area contributed by atoms with Gasteiger partial charge in [-0.1, -0.05) is 24.3 Å². The van der Waals surface area contributed by atoms with Crippen LogP contribution >= 0.6 is 0 Å². The van der Waals surface area contributed by atoms with E-state index in [2.05, 4.69) is 10.1 Å². The standard InChI is InChI=1S/C19H20N4O2/c24-18-9-16(8-15-5-1-2-6-17(15)18)19(25)22-7-3-4-14(10-22)11-23-13-20-12-21-23/h1-2,5-6,8-9,12-14,24H,3-4,7,10-11H2. The maximum Gasteiger partial charge on any atom is 0.254 e. The van der Waals surface area contributed by atoms with Crippen LogP contribution in [0.2, 0.25) is 0 Å². The molecule has 1 aromatic heterocycles. The lowest BCUT2D eigenvalue weighted by Gasteiger charge is -2.32. The van der Waals surface area contributed by atoms with Gasteiger partial charge >= 0.3 is 0 Å². The lowest BCUT2D eigenvalue weighted by molar-refractivity contribution is 0.0659. The molecule has 1 aliphatic rings. The van der Waals surface area contributed by atoms with Gasteiger partial charge in [0, 0.05) is 30.6 Å². The summed E-state index contributed by atoms with van der Waals surface area (Å²) in [5.74, 6) is 0.496. The molecule has 1 atom stereocenters. The minimum atomic E-state index is -0.0238. The highest BCUT2D eigenvalue weighted by molar-refractivity contribution is 6.00. The molecule has 6 heteroatoms. The third-order valence-electron chi connectivity index (χ3n) is 4.80. The Morgan fingerprint density at radius 2 is 2.16 bits per heavy atom. The second kappa shape index (κ2) is 6.55. The Bertz CT molecular complexity index is 892. The Balaban J connectivity index is 1.54. The third-order valence-corrected chi connectivity index (χ3v) is 4.80. The fourth-order valence-electron chi connectivity index (χ4n) is 3.59. The van der Waals surface area contributed by atoms with Gasteiger partial charge < -0.3 is 10.0 Å². The lowest BCUT2D eigenvalue weighted by Crippen LogP contribution is -2.41. The van der Waals surface area contributed by atoms with E-state index in [-0.39, 0.29) is 11.7 Å². The minimum Gasteiger partial charge on any atom is -0.507 e. The summed E-state index contributed by atoms with van der Waals surface area (Å²) < 4.78 is 1.82. The van der Waals surface area contributed by atoms with Crippen LogP contribution in [0.4, 0.5) is 0 Å². The molecule has 0 aliphatic carbocycles. The Hall–Kier alpha value is -2.89. The van der Waals surface area contributed by atoms with Crippen LogP contribution in [0.25, 0.3) is 10.8 Å². The van der Waals surface area contributed by atoms with E-state index < -0.39 is 0 Å². The molecule has 1 unspecified atom stereocenters. The second-order valence-electron chi connectivity index (χ2n) is 6.59. The van der Waals surface area contributed by atoms with Gasteiger partial charge in [0.15, 0.2) is 0 Å². The minimum absolute atomic E-state index is 0.0238. The number of hydrogen-bond donors (Lipinski definition) is 1. The van der Waals surface area contributed by atoms with Crippen LogP contribution < -0.4 is 0 Å². The monoisotopic (exact) mass is 336 g/mol. The van der Waals surface area contributed by atoms with Crippen LogP contribution in [0.1, 0.15) is 23.2 Å². The number of phenolic OH excluding ortho intramolecular Hbond substituents is 1. The molecule has 1 amide bonds. The predicted molar refractivity (Wildman–Crippen MR) is 94.3 cm³/mol. The zero-order valence-corrected chi connectivity index (χ0v) is 13.9. The average Bonchev–Trinajstić information content (AvgIpc) is 3.14. The van der Waals surface area contributed by atoms with Crippen LogP contribution in [-0.4, -0.2) is 43.8 Å². The number of benzene rings is 2. The fraction of sp³-hybridized carbons (Fsp3) is 0.316. The van der Waals surface area contributed by atoms with Gasteiger partial charge in [0.05, 0.1) is 0 Å². The van der Waals surface area contributed by atoms with Crippen LogP contribution in [0.3, 0.4) is 0 Å². The number of nitrogens with zero attached hydrogens (tertiary/aromatic N) is 4. The molecule has 4 rings (SSSR count). The molecule has 0 saturated carbocycles. The van der Waals surface area contributed by atoms with Crippen LogP contribution in [0, 0.1) is 5.92 Å². The van der Waals surface area contributed by atoms with Crippen molar-refractivity contribution in [2.45, 2.75) is 19.4 Å². The maximum atomic E-state index is 12.9. The molecule has 0 spiro atoms. The number of piperidine rings is 1. The van der Waals surface area contributed by atoms with Crippen molar-refractivity contribution in [2.75, 3.05) is 13.1 Å². The topological polar surface area (TPSA) is 71.2 Å². The molecule has 1 saturated heterocycles. The number of aromatic hydroxyl groups is 1. The molecule has 128 valence electrons. The number of fused-ring (bicyclic) bond motifs is 1. The first kappa shape index (κ1) is 15.6. The van der Waals surface area contributed by atoms with E-state index in [0.717, 1.165) is 36.7 Å². The molecular weight excluding hydrogens is 316 g/mol. The van der Waals surface area contributed by atoms with E-state index >= 15 is 0 Å². The SMILES string of the molecule is O=C(c1cc(O)c2ccccc2c1)N1CCCC(Cn2cncn2)C1. The summed E-state index contributed by atoms with van der Waals surface area (Å²) in [5, 5.41) is 16.0. The van der Waals surface area contributed by atoms with Gasteiger partial charge in [0.2, 0.25) is 0 Å². The number of aromatic nitrogens is 3. The predicted octanol–water partition coefficient (Wildman–Crippen LogP) is 2.69. The van der Waals surface area contributed by atoms with Crippen molar-refractivity contribution in [3.63, 3.8) is 0 Å². The number of amides is 1. The molecule has 1 N–H and O–H groups in total. The first-order chi connectivity index (χ1) is 12.2. The number of likely N-dealkylation sites (tertiary alicyclic amines) is 1. The summed E-state index contributed by atoms with van der Waals surface area (Å²) in [7, 11) is 0. The van der Waals surface area contributed by atoms with Gasteiger partial charge in [0.1, 0.15) is 18.4 Å². The largest absolute Gasteiger partial charge is 0.507 e.